The Balaban J connectivity index is 2.10. The normalized spacial score (nSPS) is 17.1. The second-order valence-electron chi connectivity index (χ2n) is 3.78. The van der Waals surface area contributed by atoms with E-state index in [9.17, 15) is 8.42 Å². The monoisotopic (exact) mass is 226 g/mol. The second-order valence-corrected chi connectivity index (χ2v) is 4.81. The molecule has 0 saturated heterocycles. The molecule has 1 fully saturated rings. The zero-order valence-electron chi connectivity index (χ0n) is 8.39. The summed E-state index contributed by atoms with van der Waals surface area (Å²) in [5.74, 6) is 0.665. The van der Waals surface area contributed by atoms with Crippen LogP contribution in [0.4, 0.5) is 0 Å². The molecule has 0 amide bonds. The molecule has 15 heavy (non-hydrogen) atoms. The first-order chi connectivity index (χ1) is 7.25. The van der Waals surface area contributed by atoms with Crippen LogP contribution in [0.2, 0.25) is 0 Å². The van der Waals surface area contributed by atoms with Gasteiger partial charge in [0.2, 0.25) is 0 Å². The third kappa shape index (κ3) is 2.72. The Morgan fingerprint density at radius 1 is 1.20 bits per heavy atom. The van der Waals surface area contributed by atoms with E-state index in [0.29, 0.717) is 10.6 Å². The van der Waals surface area contributed by atoms with Crippen molar-refractivity contribution in [2.24, 2.45) is 0 Å². The maximum absolute atomic E-state index is 10.8. The van der Waals surface area contributed by atoms with Crippen LogP contribution in [-0.4, -0.2) is 14.5 Å². The highest BCUT2D eigenvalue weighted by molar-refractivity contribution is 7.72. The van der Waals surface area contributed by atoms with Crippen molar-refractivity contribution >= 4 is 10.7 Å². The molecule has 1 aliphatic rings. The van der Waals surface area contributed by atoms with E-state index >= 15 is 0 Å². The molecule has 0 aromatic heterocycles. The van der Waals surface area contributed by atoms with Gasteiger partial charge in [0.15, 0.2) is 10.7 Å². The van der Waals surface area contributed by atoms with Crippen LogP contribution in [-0.2, 0) is 10.7 Å². The van der Waals surface area contributed by atoms with Gasteiger partial charge in [-0.25, -0.2) is 8.42 Å². The maximum atomic E-state index is 10.8. The van der Waals surface area contributed by atoms with Crippen LogP contribution in [0.5, 0.6) is 5.75 Å². The minimum Gasteiger partial charge on any atom is -0.490 e. The second kappa shape index (κ2) is 4.66. The van der Waals surface area contributed by atoms with E-state index in [1.807, 2.05) is 0 Å². The number of thiol groups is 1. The van der Waals surface area contributed by atoms with E-state index in [4.69, 9.17) is 4.74 Å². The van der Waals surface area contributed by atoms with Gasteiger partial charge in [-0.3, -0.25) is 0 Å². The molecule has 1 aromatic carbocycles. The number of rotatable bonds is 3. The summed E-state index contributed by atoms with van der Waals surface area (Å²) in [6, 6.07) is 6.68. The fourth-order valence-corrected chi connectivity index (χ4v) is 2.31. The predicted octanol–water partition coefficient (Wildman–Crippen LogP) is 1.98. The standard InChI is InChI=1S/C11H14O3S/c12-15(13)11-7-3-6-10(8-11)14-9-4-1-2-5-9/h3,6-9,15H,1-2,4-5H2. The van der Waals surface area contributed by atoms with E-state index in [-0.39, 0.29) is 6.10 Å². The Labute approximate surface area is 91.0 Å². The average Bonchev–Trinajstić information content (AvgIpc) is 2.71. The molecule has 1 saturated carbocycles. The van der Waals surface area contributed by atoms with Gasteiger partial charge in [0.05, 0.1) is 11.0 Å². The van der Waals surface area contributed by atoms with E-state index in [2.05, 4.69) is 0 Å². The van der Waals surface area contributed by atoms with E-state index in [1.54, 1.807) is 24.3 Å². The predicted molar refractivity (Wildman–Crippen MR) is 57.9 cm³/mol. The molecule has 2 rings (SSSR count). The van der Waals surface area contributed by atoms with Crippen molar-refractivity contribution in [1.29, 1.82) is 0 Å². The van der Waals surface area contributed by atoms with Crippen molar-refractivity contribution in [2.45, 2.75) is 36.7 Å². The average molecular weight is 226 g/mol. The van der Waals surface area contributed by atoms with Crippen molar-refractivity contribution in [3.63, 3.8) is 0 Å². The first-order valence-corrected chi connectivity index (χ1v) is 6.34. The molecule has 0 radical (unpaired) electrons. The molecular weight excluding hydrogens is 212 g/mol. The van der Waals surface area contributed by atoms with Gasteiger partial charge in [0.25, 0.3) is 0 Å². The lowest BCUT2D eigenvalue weighted by atomic mass is 10.3. The zero-order valence-corrected chi connectivity index (χ0v) is 9.28. The lowest BCUT2D eigenvalue weighted by Gasteiger charge is -2.12. The number of benzene rings is 1. The molecule has 0 aliphatic heterocycles. The molecule has 0 spiro atoms. The summed E-state index contributed by atoms with van der Waals surface area (Å²) in [4.78, 5) is 0.320. The van der Waals surface area contributed by atoms with E-state index in [0.717, 1.165) is 12.8 Å². The SMILES string of the molecule is O=[SH](=O)c1cccc(OC2CCCC2)c1. The minimum atomic E-state index is -2.51. The van der Waals surface area contributed by atoms with Crippen molar-refractivity contribution in [3.8, 4) is 5.75 Å². The smallest absolute Gasteiger partial charge is 0.168 e. The highest BCUT2D eigenvalue weighted by atomic mass is 32.2. The lowest BCUT2D eigenvalue weighted by molar-refractivity contribution is 0.209. The summed E-state index contributed by atoms with van der Waals surface area (Å²) in [6.07, 6.45) is 4.84. The number of ether oxygens (including phenoxy) is 1. The van der Waals surface area contributed by atoms with E-state index < -0.39 is 10.7 Å². The van der Waals surface area contributed by atoms with Gasteiger partial charge in [0, 0.05) is 0 Å². The Morgan fingerprint density at radius 3 is 2.60 bits per heavy atom. The highest BCUT2D eigenvalue weighted by Gasteiger charge is 2.16. The van der Waals surface area contributed by atoms with Crippen molar-refractivity contribution < 1.29 is 13.2 Å². The van der Waals surface area contributed by atoms with Crippen LogP contribution in [0, 0.1) is 0 Å². The number of hydrogen-bond donors (Lipinski definition) is 1. The minimum absolute atomic E-state index is 0.268. The van der Waals surface area contributed by atoms with Crippen LogP contribution in [0.1, 0.15) is 25.7 Å². The summed E-state index contributed by atoms with van der Waals surface area (Å²) in [7, 11) is -2.51. The van der Waals surface area contributed by atoms with Gasteiger partial charge in [-0.05, 0) is 43.9 Å². The van der Waals surface area contributed by atoms with Crippen LogP contribution < -0.4 is 4.74 Å². The summed E-state index contributed by atoms with van der Waals surface area (Å²) >= 11 is 0. The number of hydrogen-bond acceptors (Lipinski definition) is 3. The molecule has 0 atom stereocenters. The van der Waals surface area contributed by atoms with Crippen molar-refractivity contribution in [3.05, 3.63) is 24.3 Å². The topological polar surface area (TPSA) is 43.4 Å². The van der Waals surface area contributed by atoms with Crippen LogP contribution >= 0.6 is 0 Å². The fourth-order valence-electron chi connectivity index (χ4n) is 1.87. The van der Waals surface area contributed by atoms with Gasteiger partial charge in [-0.1, -0.05) is 6.07 Å². The molecule has 0 bridgehead atoms. The maximum Gasteiger partial charge on any atom is 0.168 e. The molecule has 82 valence electrons. The largest absolute Gasteiger partial charge is 0.490 e. The summed E-state index contributed by atoms with van der Waals surface area (Å²) in [5, 5.41) is 0. The molecular formula is C11H14O3S. The van der Waals surface area contributed by atoms with Gasteiger partial charge in [-0.2, -0.15) is 0 Å². The highest BCUT2D eigenvalue weighted by Crippen LogP contribution is 2.24. The summed E-state index contributed by atoms with van der Waals surface area (Å²) in [5.41, 5.74) is 0. The molecule has 3 nitrogen and oxygen atoms in total. The molecule has 0 unspecified atom stereocenters. The summed E-state index contributed by atoms with van der Waals surface area (Å²) in [6.45, 7) is 0. The molecule has 0 heterocycles. The third-order valence-corrected chi connectivity index (χ3v) is 3.33. The fraction of sp³-hybridized carbons (Fsp3) is 0.455. The Kier molecular flexibility index (Phi) is 3.26. The van der Waals surface area contributed by atoms with Gasteiger partial charge < -0.3 is 4.74 Å². The zero-order chi connectivity index (χ0) is 10.7. The van der Waals surface area contributed by atoms with Crippen LogP contribution in [0.25, 0.3) is 0 Å². The molecule has 4 heteroatoms. The van der Waals surface area contributed by atoms with Crippen molar-refractivity contribution in [1.82, 2.24) is 0 Å². The lowest BCUT2D eigenvalue weighted by Crippen LogP contribution is -2.10. The Hall–Kier alpha value is -1.03. The molecule has 0 N–H and O–H groups in total. The Morgan fingerprint density at radius 2 is 1.93 bits per heavy atom. The van der Waals surface area contributed by atoms with Crippen molar-refractivity contribution in [2.75, 3.05) is 0 Å². The van der Waals surface area contributed by atoms with Crippen LogP contribution in [0.15, 0.2) is 29.2 Å². The van der Waals surface area contributed by atoms with Crippen LogP contribution in [0.3, 0.4) is 0 Å². The Bertz CT molecular complexity index is 398. The van der Waals surface area contributed by atoms with Gasteiger partial charge in [-0.15, -0.1) is 0 Å². The summed E-state index contributed by atoms with van der Waals surface area (Å²) < 4.78 is 27.2. The quantitative estimate of drug-likeness (QED) is 0.801. The van der Waals surface area contributed by atoms with E-state index in [1.165, 1.54) is 12.8 Å². The first-order valence-electron chi connectivity index (χ1n) is 5.17. The van der Waals surface area contributed by atoms with Gasteiger partial charge >= 0.3 is 0 Å². The molecule has 1 aromatic rings. The third-order valence-electron chi connectivity index (χ3n) is 2.63. The first kappa shape index (κ1) is 10.5. The van der Waals surface area contributed by atoms with Gasteiger partial charge in [0.1, 0.15) is 5.75 Å². The molecule has 1 aliphatic carbocycles.